The van der Waals surface area contributed by atoms with E-state index in [1.165, 1.54) is 6.07 Å². The quantitative estimate of drug-likeness (QED) is 0.662. The van der Waals surface area contributed by atoms with Crippen LogP contribution in [0.5, 0.6) is 11.5 Å². The third-order valence-electron chi connectivity index (χ3n) is 3.36. The molecular formula is C16H18N2O3. The van der Waals surface area contributed by atoms with Crippen molar-refractivity contribution in [2.45, 2.75) is 26.3 Å². The Morgan fingerprint density at radius 2 is 1.90 bits per heavy atom. The van der Waals surface area contributed by atoms with Crippen molar-refractivity contribution in [1.82, 2.24) is 0 Å². The van der Waals surface area contributed by atoms with Crippen LogP contribution in [0.2, 0.25) is 0 Å². The molecule has 0 bridgehead atoms. The first-order valence-electron chi connectivity index (χ1n) is 6.80. The number of nitro benzene ring substituents is 1. The topological polar surface area (TPSA) is 78.4 Å². The molecule has 0 fully saturated rings. The molecule has 5 nitrogen and oxygen atoms in total. The van der Waals surface area contributed by atoms with E-state index in [4.69, 9.17) is 10.5 Å². The first-order chi connectivity index (χ1) is 10.0. The number of nitrogens with two attached hydrogens (primary N) is 1. The molecule has 2 aromatic carbocycles. The zero-order chi connectivity index (χ0) is 15.4. The van der Waals surface area contributed by atoms with Gasteiger partial charge in [0.25, 0.3) is 0 Å². The first-order valence-corrected chi connectivity index (χ1v) is 6.80. The number of hydrogen-bond acceptors (Lipinski definition) is 4. The van der Waals surface area contributed by atoms with Gasteiger partial charge >= 0.3 is 5.69 Å². The summed E-state index contributed by atoms with van der Waals surface area (Å²) in [5, 5.41) is 11.1. The molecule has 0 aromatic heterocycles. The second-order valence-electron chi connectivity index (χ2n) is 4.87. The minimum absolute atomic E-state index is 0.00755. The lowest BCUT2D eigenvalue weighted by Crippen LogP contribution is -2.08. The molecule has 1 unspecified atom stereocenters. The van der Waals surface area contributed by atoms with Crippen molar-refractivity contribution >= 4 is 5.69 Å². The molecule has 0 heterocycles. The molecule has 0 aliphatic heterocycles. The molecule has 0 radical (unpaired) electrons. The lowest BCUT2D eigenvalue weighted by molar-refractivity contribution is -0.385. The number of aryl methyl sites for hydroxylation is 1. The summed E-state index contributed by atoms with van der Waals surface area (Å²) in [6, 6.07) is 12.2. The molecule has 2 rings (SSSR count). The van der Waals surface area contributed by atoms with Crippen LogP contribution in [0.1, 0.15) is 30.5 Å². The highest BCUT2D eigenvalue weighted by molar-refractivity contribution is 5.53. The van der Waals surface area contributed by atoms with Gasteiger partial charge in [0.2, 0.25) is 5.75 Å². The molecule has 0 saturated heterocycles. The number of ether oxygens (including phenoxy) is 1. The lowest BCUT2D eigenvalue weighted by atomic mass is 10.1. The van der Waals surface area contributed by atoms with E-state index in [-0.39, 0.29) is 17.5 Å². The van der Waals surface area contributed by atoms with Gasteiger partial charge < -0.3 is 10.5 Å². The number of para-hydroxylation sites is 1. The third kappa shape index (κ3) is 3.38. The monoisotopic (exact) mass is 286 g/mol. The molecule has 0 amide bonds. The van der Waals surface area contributed by atoms with Crippen molar-refractivity contribution in [3.63, 3.8) is 0 Å². The molecule has 0 spiro atoms. The fourth-order valence-electron chi connectivity index (χ4n) is 2.05. The van der Waals surface area contributed by atoms with Crippen LogP contribution < -0.4 is 10.5 Å². The summed E-state index contributed by atoms with van der Waals surface area (Å²) in [5.41, 5.74) is 7.66. The smallest absolute Gasteiger partial charge is 0.311 e. The fourth-order valence-corrected chi connectivity index (χ4v) is 2.05. The molecular weight excluding hydrogens is 268 g/mol. The highest BCUT2D eigenvalue weighted by atomic mass is 16.6. The van der Waals surface area contributed by atoms with E-state index in [1.54, 1.807) is 31.2 Å². The van der Waals surface area contributed by atoms with Crippen LogP contribution in [0.4, 0.5) is 5.69 Å². The van der Waals surface area contributed by atoms with Gasteiger partial charge in [-0.3, -0.25) is 10.1 Å². The number of benzene rings is 2. The summed E-state index contributed by atoms with van der Waals surface area (Å²) in [7, 11) is 0. The third-order valence-corrected chi connectivity index (χ3v) is 3.36. The molecule has 110 valence electrons. The minimum Gasteiger partial charge on any atom is -0.450 e. The van der Waals surface area contributed by atoms with Crippen molar-refractivity contribution in [2.24, 2.45) is 5.73 Å². The Balaban J connectivity index is 2.28. The van der Waals surface area contributed by atoms with E-state index < -0.39 is 4.92 Å². The SMILES string of the molecule is CCC(N)c1ccc(Oc2c(C)cccc2[N+](=O)[O-])cc1. The Morgan fingerprint density at radius 3 is 2.48 bits per heavy atom. The maximum Gasteiger partial charge on any atom is 0.311 e. The molecule has 1 atom stereocenters. The Kier molecular flexibility index (Phi) is 4.55. The van der Waals surface area contributed by atoms with E-state index in [0.29, 0.717) is 5.75 Å². The summed E-state index contributed by atoms with van der Waals surface area (Å²) >= 11 is 0. The van der Waals surface area contributed by atoms with Gasteiger partial charge in [0.05, 0.1) is 4.92 Å². The van der Waals surface area contributed by atoms with Gasteiger partial charge in [-0.05, 0) is 36.6 Å². The van der Waals surface area contributed by atoms with E-state index in [1.807, 2.05) is 19.1 Å². The predicted molar refractivity (Wildman–Crippen MR) is 81.6 cm³/mol. The van der Waals surface area contributed by atoms with Crippen LogP contribution in [0, 0.1) is 17.0 Å². The number of rotatable bonds is 5. The minimum atomic E-state index is -0.441. The molecule has 0 aliphatic rings. The van der Waals surface area contributed by atoms with Crippen LogP contribution in [-0.4, -0.2) is 4.92 Å². The molecule has 2 N–H and O–H groups in total. The highest BCUT2D eigenvalue weighted by Gasteiger charge is 2.17. The van der Waals surface area contributed by atoms with Gasteiger partial charge in [0, 0.05) is 12.1 Å². The normalized spacial score (nSPS) is 12.0. The van der Waals surface area contributed by atoms with E-state index in [9.17, 15) is 10.1 Å². The van der Waals surface area contributed by atoms with Crippen LogP contribution in [0.3, 0.4) is 0 Å². The summed E-state index contributed by atoms with van der Waals surface area (Å²) in [6.45, 7) is 3.80. The van der Waals surface area contributed by atoms with Crippen LogP contribution >= 0.6 is 0 Å². The first kappa shape index (κ1) is 15.0. The van der Waals surface area contributed by atoms with Crippen molar-refractivity contribution in [3.8, 4) is 11.5 Å². The average Bonchev–Trinajstić information content (AvgIpc) is 2.49. The second kappa shape index (κ2) is 6.37. The van der Waals surface area contributed by atoms with E-state index in [2.05, 4.69) is 0 Å². The van der Waals surface area contributed by atoms with Crippen molar-refractivity contribution < 1.29 is 9.66 Å². The Morgan fingerprint density at radius 1 is 1.24 bits per heavy atom. The standard InChI is InChI=1S/C16H18N2O3/c1-3-14(17)12-7-9-13(10-8-12)21-16-11(2)5-4-6-15(16)18(19)20/h4-10,14H,3,17H2,1-2H3. The van der Waals surface area contributed by atoms with E-state index >= 15 is 0 Å². The molecule has 0 saturated carbocycles. The predicted octanol–water partition coefficient (Wildman–Crippen LogP) is 4.11. The highest BCUT2D eigenvalue weighted by Crippen LogP contribution is 2.34. The van der Waals surface area contributed by atoms with Crippen LogP contribution in [-0.2, 0) is 0 Å². The van der Waals surface area contributed by atoms with E-state index in [0.717, 1.165) is 17.5 Å². The molecule has 5 heteroatoms. The summed E-state index contributed by atoms with van der Waals surface area (Å²) in [5.74, 6) is 0.828. The van der Waals surface area contributed by atoms with Gasteiger partial charge in [-0.1, -0.05) is 31.2 Å². The lowest BCUT2D eigenvalue weighted by Gasteiger charge is -2.12. The Bertz CT molecular complexity index is 638. The zero-order valence-corrected chi connectivity index (χ0v) is 12.1. The summed E-state index contributed by atoms with van der Waals surface area (Å²) in [4.78, 5) is 10.6. The average molecular weight is 286 g/mol. The Labute approximate surface area is 123 Å². The summed E-state index contributed by atoms with van der Waals surface area (Å²) in [6.07, 6.45) is 0.851. The maximum atomic E-state index is 11.1. The van der Waals surface area contributed by atoms with Gasteiger partial charge in [-0.2, -0.15) is 0 Å². The molecule has 21 heavy (non-hydrogen) atoms. The maximum absolute atomic E-state index is 11.1. The molecule has 0 aliphatic carbocycles. The van der Waals surface area contributed by atoms with Crippen LogP contribution in [0.25, 0.3) is 0 Å². The fraction of sp³-hybridized carbons (Fsp3) is 0.250. The van der Waals surface area contributed by atoms with Gasteiger partial charge in [-0.15, -0.1) is 0 Å². The van der Waals surface area contributed by atoms with Crippen LogP contribution in [0.15, 0.2) is 42.5 Å². The number of nitrogens with zero attached hydrogens (tertiary/aromatic N) is 1. The molecule has 2 aromatic rings. The van der Waals surface area contributed by atoms with Crippen molar-refractivity contribution in [2.75, 3.05) is 0 Å². The zero-order valence-electron chi connectivity index (χ0n) is 12.1. The van der Waals surface area contributed by atoms with Gasteiger partial charge in [-0.25, -0.2) is 0 Å². The second-order valence-corrected chi connectivity index (χ2v) is 4.87. The Hall–Kier alpha value is -2.40. The van der Waals surface area contributed by atoms with Gasteiger partial charge in [0.15, 0.2) is 0 Å². The van der Waals surface area contributed by atoms with Crippen molar-refractivity contribution in [3.05, 3.63) is 63.7 Å². The largest absolute Gasteiger partial charge is 0.450 e. The summed E-state index contributed by atoms with van der Waals surface area (Å²) < 4.78 is 5.69. The van der Waals surface area contributed by atoms with Gasteiger partial charge in [0.1, 0.15) is 5.75 Å². The van der Waals surface area contributed by atoms with Crippen molar-refractivity contribution in [1.29, 1.82) is 0 Å². The number of nitro groups is 1. The number of hydrogen-bond donors (Lipinski definition) is 1.